The number of carbonyl (C=O) groups excluding carboxylic acids is 2. The van der Waals surface area contributed by atoms with E-state index in [1.54, 1.807) is 11.3 Å². The lowest BCUT2D eigenvalue weighted by molar-refractivity contribution is -0.121. The first-order valence-electron chi connectivity index (χ1n) is 11.9. The van der Waals surface area contributed by atoms with Crippen molar-refractivity contribution in [3.8, 4) is 0 Å². The van der Waals surface area contributed by atoms with Gasteiger partial charge in [-0.1, -0.05) is 44.6 Å². The summed E-state index contributed by atoms with van der Waals surface area (Å²) < 4.78 is 0. The van der Waals surface area contributed by atoms with Gasteiger partial charge in [-0.3, -0.25) is 9.59 Å². The highest BCUT2D eigenvalue weighted by molar-refractivity contribution is 7.10. The van der Waals surface area contributed by atoms with Crippen LogP contribution in [-0.2, 0) is 16.0 Å². The fourth-order valence-electron chi connectivity index (χ4n) is 3.42. The highest BCUT2D eigenvalue weighted by Crippen LogP contribution is 2.11. The molecule has 0 atom stereocenters. The number of nitrogens with one attached hydrogen (secondary N) is 2. The fraction of sp³-hybridized carbons (Fsp3) is 0.750. The van der Waals surface area contributed by atoms with Crippen LogP contribution in [0.25, 0.3) is 0 Å². The van der Waals surface area contributed by atoms with Gasteiger partial charge in [0, 0.05) is 24.3 Å². The Balaban J connectivity index is 1.78. The van der Waals surface area contributed by atoms with Crippen LogP contribution in [0.1, 0.15) is 88.3 Å². The Bertz CT molecular complexity index is 535. The number of unbranched alkanes of at least 4 members (excludes halogenated alkanes) is 8. The van der Waals surface area contributed by atoms with Crippen molar-refractivity contribution in [2.24, 2.45) is 5.73 Å². The Morgan fingerprint density at radius 3 is 2.07 bits per heavy atom. The maximum Gasteiger partial charge on any atom is 0.225 e. The number of thiophene rings is 1. The number of carbonyl (C=O) groups is 2. The zero-order valence-electron chi connectivity index (χ0n) is 18.8. The number of hydrogen-bond donors (Lipinski definition) is 3. The fourth-order valence-corrected chi connectivity index (χ4v) is 4.12. The molecule has 0 aromatic carbocycles. The second kappa shape index (κ2) is 19.7. The summed E-state index contributed by atoms with van der Waals surface area (Å²) in [6.07, 6.45) is 14.5. The average Bonchev–Trinajstić information content (AvgIpc) is 3.24. The van der Waals surface area contributed by atoms with Crippen molar-refractivity contribution in [3.63, 3.8) is 0 Å². The highest BCUT2D eigenvalue weighted by atomic mass is 32.1. The minimum Gasteiger partial charge on any atom is -0.356 e. The normalized spacial score (nSPS) is 11.0. The van der Waals surface area contributed by atoms with Gasteiger partial charge in [0.2, 0.25) is 5.91 Å². The number of hydrogen-bond acceptors (Lipinski definition) is 5. The summed E-state index contributed by atoms with van der Waals surface area (Å²) in [6, 6.07) is 3.96. The largest absolute Gasteiger partial charge is 0.356 e. The Kier molecular flexibility index (Phi) is 17.6. The molecule has 1 rings (SSSR count). The molecule has 0 radical (unpaired) electrons. The third kappa shape index (κ3) is 16.5. The van der Waals surface area contributed by atoms with E-state index in [2.05, 4.69) is 10.6 Å². The predicted molar refractivity (Wildman–Crippen MR) is 128 cm³/mol. The molecule has 0 fully saturated rings. The lowest BCUT2D eigenvalue weighted by Crippen LogP contribution is -2.25. The first-order chi connectivity index (χ1) is 14.7. The maximum atomic E-state index is 12.0. The van der Waals surface area contributed by atoms with Gasteiger partial charge < -0.3 is 16.4 Å². The molecule has 1 heterocycles. The Hall–Kier alpha value is -1.24. The molecule has 1 amide bonds. The molecule has 6 heteroatoms. The number of rotatable bonds is 21. The molecular weight excluding hydrogens is 394 g/mol. The number of nitrogens with two attached hydrogens (primary N) is 1. The van der Waals surface area contributed by atoms with Crippen LogP contribution in [0.5, 0.6) is 0 Å². The van der Waals surface area contributed by atoms with Crippen molar-refractivity contribution < 1.29 is 9.59 Å². The number of amides is 1. The second-order valence-corrected chi connectivity index (χ2v) is 9.10. The summed E-state index contributed by atoms with van der Waals surface area (Å²) in [5.74, 6) is 0.494. The monoisotopic (exact) mass is 437 g/mol. The maximum absolute atomic E-state index is 12.0. The molecule has 0 bridgehead atoms. The van der Waals surface area contributed by atoms with E-state index < -0.39 is 0 Å². The van der Waals surface area contributed by atoms with Crippen molar-refractivity contribution in [2.75, 3.05) is 26.2 Å². The van der Waals surface area contributed by atoms with Crippen LogP contribution >= 0.6 is 11.3 Å². The SMILES string of the molecule is NCCCNCCCCCCCCCC(=O)CCCCCNC(=O)Cc1cccs1. The molecule has 0 unspecified atom stereocenters. The van der Waals surface area contributed by atoms with Gasteiger partial charge in [-0.05, 0) is 63.2 Å². The van der Waals surface area contributed by atoms with E-state index in [1.807, 2.05) is 17.5 Å². The van der Waals surface area contributed by atoms with Crippen LogP contribution in [-0.4, -0.2) is 37.9 Å². The van der Waals surface area contributed by atoms with Gasteiger partial charge in [-0.2, -0.15) is 0 Å². The quantitative estimate of drug-likeness (QED) is 0.246. The number of Topliss-reactive ketones (excluding diaryl/α,β-unsaturated/α-hetero) is 1. The Labute approximate surface area is 187 Å². The first kappa shape index (κ1) is 26.8. The van der Waals surface area contributed by atoms with Crippen molar-refractivity contribution in [3.05, 3.63) is 22.4 Å². The molecule has 0 aliphatic carbocycles. The lowest BCUT2D eigenvalue weighted by atomic mass is 10.0. The van der Waals surface area contributed by atoms with E-state index in [4.69, 9.17) is 5.73 Å². The summed E-state index contributed by atoms with van der Waals surface area (Å²) in [5, 5.41) is 8.37. The molecule has 172 valence electrons. The van der Waals surface area contributed by atoms with Gasteiger partial charge in [-0.15, -0.1) is 11.3 Å². The molecule has 5 nitrogen and oxygen atoms in total. The molecule has 0 aliphatic heterocycles. The van der Waals surface area contributed by atoms with E-state index in [-0.39, 0.29) is 5.91 Å². The van der Waals surface area contributed by atoms with E-state index in [0.717, 1.165) is 63.0 Å². The third-order valence-electron chi connectivity index (χ3n) is 5.24. The zero-order chi connectivity index (χ0) is 21.7. The molecule has 0 aliphatic rings. The molecule has 4 N–H and O–H groups in total. The topological polar surface area (TPSA) is 84.2 Å². The van der Waals surface area contributed by atoms with Crippen LogP contribution in [0.2, 0.25) is 0 Å². The smallest absolute Gasteiger partial charge is 0.225 e. The zero-order valence-corrected chi connectivity index (χ0v) is 19.6. The molecule has 0 spiro atoms. The minimum absolute atomic E-state index is 0.0905. The Morgan fingerprint density at radius 2 is 1.40 bits per heavy atom. The summed E-state index contributed by atoms with van der Waals surface area (Å²) in [6.45, 7) is 3.63. The van der Waals surface area contributed by atoms with Crippen molar-refractivity contribution >= 4 is 23.0 Å². The van der Waals surface area contributed by atoms with Gasteiger partial charge in [0.05, 0.1) is 6.42 Å². The van der Waals surface area contributed by atoms with Crippen molar-refractivity contribution in [2.45, 2.75) is 89.9 Å². The first-order valence-corrected chi connectivity index (χ1v) is 12.8. The van der Waals surface area contributed by atoms with Gasteiger partial charge in [0.15, 0.2) is 0 Å². The molecule has 1 aromatic heterocycles. The van der Waals surface area contributed by atoms with Crippen molar-refractivity contribution in [1.29, 1.82) is 0 Å². The van der Waals surface area contributed by atoms with E-state index in [9.17, 15) is 9.59 Å². The standard InChI is InChI=1S/C24H43N3O2S/c25-16-12-18-26-17-9-5-3-1-2-4-7-13-22(28)14-8-6-10-19-27-24(29)21-23-15-11-20-30-23/h11,15,20,26H,1-10,12-14,16-19,21,25H2,(H,27,29). The molecule has 30 heavy (non-hydrogen) atoms. The minimum atomic E-state index is 0.0905. The molecule has 0 saturated heterocycles. The Morgan fingerprint density at radius 1 is 0.800 bits per heavy atom. The van der Waals surface area contributed by atoms with E-state index >= 15 is 0 Å². The average molecular weight is 438 g/mol. The highest BCUT2D eigenvalue weighted by Gasteiger charge is 2.04. The molecule has 1 aromatic rings. The van der Waals surface area contributed by atoms with Crippen LogP contribution in [0.15, 0.2) is 17.5 Å². The molecular formula is C24H43N3O2S. The summed E-state index contributed by atoms with van der Waals surface area (Å²) >= 11 is 1.61. The molecule has 0 saturated carbocycles. The lowest BCUT2D eigenvalue weighted by Gasteiger charge is -2.05. The summed E-state index contributed by atoms with van der Waals surface area (Å²) in [4.78, 5) is 24.8. The van der Waals surface area contributed by atoms with E-state index in [1.165, 1.54) is 38.5 Å². The third-order valence-corrected chi connectivity index (χ3v) is 6.11. The van der Waals surface area contributed by atoms with Crippen LogP contribution in [0.4, 0.5) is 0 Å². The number of ketones is 1. The summed E-state index contributed by atoms with van der Waals surface area (Å²) in [7, 11) is 0. The summed E-state index contributed by atoms with van der Waals surface area (Å²) in [5.41, 5.74) is 5.46. The van der Waals surface area contributed by atoms with Crippen LogP contribution < -0.4 is 16.4 Å². The van der Waals surface area contributed by atoms with Crippen LogP contribution in [0.3, 0.4) is 0 Å². The predicted octanol–water partition coefficient (Wildman–Crippen LogP) is 4.60. The van der Waals surface area contributed by atoms with Gasteiger partial charge >= 0.3 is 0 Å². The van der Waals surface area contributed by atoms with Gasteiger partial charge in [0.25, 0.3) is 0 Å². The van der Waals surface area contributed by atoms with Crippen molar-refractivity contribution in [1.82, 2.24) is 10.6 Å². The van der Waals surface area contributed by atoms with E-state index in [0.29, 0.717) is 25.2 Å². The van der Waals surface area contributed by atoms with Crippen LogP contribution in [0, 0.1) is 0 Å². The van der Waals surface area contributed by atoms with Gasteiger partial charge in [-0.25, -0.2) is 0 Å². The van der Waals surface area contributed by atoms with Gasteiger partial charge in [0.1, 0.15) is 5.78 Å². The second-order valence-electron chi connectivity index (χ2n) is 8.07.